The predicted molar refractivity (Wildman–Crippen MR) is 84.5 cm³/mol. The van der Waals surface area contributed by atoms with Crippen LogP contribution in [0.3, 0.4) is 0 Å². The van der Waals surface area contributed by atoms with E-state index in [9.17, 15) is 8.42 Å². The third-order valence-corrected chi connectivity index (χ3v) is 5.01. The smallest absolute Gasteiger partial charge is 0.261 e. The summed E-state index contributed by atoms with van der Waals surface area (Å²) in [6.07, 6.45) is 4.47. The second-order valence-corrected chi connectivity index (χ2v) is 8.34. The zero-order chi connectivity index (χ0) is 14.5. The van der Waals surface area contributed by atoms with E-state index in [0.29, 0.717) is 21.3 Å². The van der Waals surface area contributed by atoms with Crippen molar-refractivity contribution in [3.8, 4) is 5.75 Å². The van der Waals surface area contributed by atoms with Crippen molar-refractivity contribution in [1.29, 1.82) is 0 Å². The predicted octanol–water partition coefficient (Wildman–Crippen LogP) is 5.10. The van der Waals surface area contributed by atoms with E-state index in [4.69, 9.17) is 15.4 Å². The van der Waals surface area contributed by atoms with E-state index >= 15 is 0 Å². The van der Waals surface area contributed by atoms with Gasteiger partial charge in [0, 0.05) is 10.7 Å². The maximum atomic E-state index is 11.3. The molecular formula is C12H15Br2ClO3S. The summed E-state index contributed by atoms with van der Waals surface area (Å²) in [5.41, 5.74) is 0. The summed E-state index contributed by atoms with van der Waals surface area (Å²) < 4.78 is 29.3. The standard InChI is InChI=1S/C12H15Br2ClO3S/c1-2-3-4-5-6-18-12-10(13)7-9(8-11(12)14)19(15,16)17/h7-8H,2-6H2,1H3. The molecule has 0 atom stereocenters. The minimum absolute atomic E-state index is 0.0336. The molecule has 7 heteroatoms. The van der Waals surface area contributed by atoms with Gasteiger partial charge in [0.05, 0.1) is 20.4 Å². The molecule has 19 heavy (non-hydrogen) atoms. The summed E-state index contributed by atoms with van der Waals surface area (Å²) in [5.74, 6) is 0.598. The topological polar surface area (TPSA) is 43.4 Å². The number of halogens is 3. The van der Waals surface area contributed by atoms with Crippen molar-refractivity contribution >= 4 is 51.6 Å². The third-order valence-electron chi connectivity index (χ3n) is 2.50. The molecule has 1 aromatic carbocycles. The highest BCUT2D eigenvalue weighted by atomic mass is 79.9. The zero-order valence-electron chi connectivity index (χ0n) is 10.5. The van der Waals surface area contributed by atoms with Gasteiger partial charge in [0.25, 0.3) is 9.05 Å². The van der Waals surface area contributed by atoms with Crippen LogP contribution in [0.1, 0.15) is 32.6 Å². The highest BCUT2D eigenvalue weighted by Crippen LogP contribution is 2.37. The van der Waals surface area contributed by atoms with Crippen molar-refractivity contribution in [3.63, 3.8) is 0 Å². The number of benzene rings is 1. The first-order chi connectivity index (χ1) is 8.86. The fourth-order valence-corrected chi connectivity index (χ4v) is 4.02. The van der Waals surface area contributed by atoms with Crippen LogP contribution in [0, 0.1) is 0 Å². The highest BCUT2D eigenvalue weighted by Gasteiger charge is 2.16. The average Bonchev–Trinajstić information content (AvgIpc) is 2.30. The van der Waals surface area contributed by atoms with Gasteiger partial charge in [-0.15, -0.1) is 0 Å². The van der Waals surface area contributed by atoms with Crippen molar-refractivity contribution in [2.75, 3.05) is 6.61 Å². The Morgan fingerprint density at radius 1 is 1.16 bits per heavy atom. The first-order valence-electron chi connectivity index (χ1n) is 5.92. The van der Waals surface area contributed by atoms with Gasteiger partial charge in [0.1, 0.15) is 5.75 Å². The molecule has 1 rings (SSSR count). The number of unbranched alkanes of at least 4 members (excludes halogenated alkanes) is 3. The van der Waals surface area contributed by atoms with E-state index in [2.05, 4.69) is 38.8 Å². The van der Waals surface area contributed by atoms with Gasteiger partial charge in [-0.05, 0) is 50.4 Å². The zero-order valence-corrected chi connectivity index (χ0v) is 15.2. The molecule has 108 valence electrons. The number of rotatable bonds is 7. The molecule has 0 aliphatic carbocycles. The van der Waals surface area contributed by atoms with Gasteiger partial charge in [-0.3, -0.25) is 0 Å². The molecule has 0 unspecified atom stereocenters. The van der Waals surface area contributed by atoms with Crippen molar-refractivity contribution in [3.05, 3.63) is 21.1 Å². The minimum atomic E-state index is -3.74. The fourth-order valence-electron chi connectivity index (χ4n) is 1.52. The van der Waals surface area contributed by atoms with Crippen molar-refractivity contribution in [1.82, 2.24) is 0 Å². The maximum absolute atomic E-state index is 11.3. The summed E-state index contributed by atoms with van der Waals surface area (Å²) in [6, 6.07) is 2.88. The van der Waals surface area contributed by atoms with Crippen LogP contribution in [0.2, 0.25) is 0 Å². The van der Waals surface area contributed by atoms with Crippen molar-refractivity contribution in [2.24, 2.45) is 0 Å². The van der Waals surface area contributed by atoms with Crippen LogP contribution in [-0.4, -0.2) is 15.0 Å². The van der Waals surface area contributed by atoms with E-state index in [1.165, 1.54) is 25.0 Å². The summed E-state index contributed by atoms with van der Waals surface area (Å²) in [7, 11) is 1.57. The molecular weight excluding hydrogens is 419 g/mol. The Morgan fingerprint density at radius 3 is 2.21 bits per heavy atom. The lowest BCUT2D eigenvalue weighted by molar-refractivity contribution is 0.301. The molecule has 0 aliphatic heterocycles. The Morgan fingerprint density at radius 2 is 1.74 bits per heavy atom. The van der Waals surface area contributed by atoms with Gasteiger partial charge < -0.3 is 4.74 Å². The second kappa shape index (κ2) is 7.86. The SMILES string of the molecule is CCCCCCOc1c(Br)cc(S(=O)(=O)Cl)cc1Br. The monoisotopic (exact) mass is 432 g/mol. The molecule has 0 aliphatic rings. The van der Waals surface area contributed by atoms with Crippen LogP contribution >= 0.6 is 42.5 Å². The van der Waals surface area contributed by atoms with E-state index in [-0.39, 0.29) is 4.90 Å². The molecule has 0 saturated heterocycles. The van der Waals surface area contributed by atoms with Crippen LogP contribution in [0.15, 0.2) is 26.0 Å². The molecule has 0 aromatic heterocycles. The summed E-state index contributed by atoms with van der Waals surface area (Å²) in [5, 5.41) is 0. The van der Waals surface area contributed by atoms with E-state index in [0.717, 1.165) is 12.8 Å². The molecule has 0 bridgehead atoms. The lowest BCUT2D eigenvalue weighted by atomic mass is 10.2. The molecule has 0 fully saturated rings. The first-order valence-corrected chi connectivity index (χ1v) is 9.82. The molecule has 0 heterocycles. The Bertz CT molecular complexity index is 509. The van der Waals surface area contributed by atoms with Crippen LogP contribution in [0.25, 0.3) is 0 Å². The number of ether oxygens (including phenoxy) is 1. The molecule has 1 aromatic rings. The lowest BCUT2D eigenvalue weighted by Gasteiger charge is -2.11. The van der Waals surface area contributed by atoms with Gasteiger partial charge >= 0.3 is 0 Å². The maximum Gasteiger partial charge on any atom is 0.261 e. The largest absolute Gasteiger partial charge is 0.491 e. The summed E-state index contributed by atoms with van der Waals surface area (Å²) >= 11 is 6.59. The Kier molecular flexibility index (Phi) is 7.14. The molecule has 0 spiro atoms. The van der Waals surface area contributed by atoms with Crippen LogP contribution in [-0.2, 0) is 9.05 Å². The van der Waals surface area contributed by atoms with Gasteiger partial charge in [0.15, 0.2) is 0 Å². The molecule has 0 saturated carbocycles. The fraction of sp³-hybridized carbons (Fsp3) is 0.500. The van der Waals surface area contributed by atoms with E-state index in [1.54, 1.807) is 0 Å². The van der Waals surface area contributed by atoms with Crippen LogP contribution in [0.4, 0.5) is 0 Å². The van der Waals surface area contributed by atoms with E-state index in [1.807, 2.05) is 0 Å². The van der Waals surface area contributed by atoms with Crippen molar-refractivity contribution in [2.45, 2.75) is 37.5 Å². The minimum Gasteiger partial charge on any atom is -0.491 e. The highest BCUT2D eigenvalue weighted by molar-refractivity contribution is 9.11. The second-order valence-electron chi connectivity index (χ2n) is 4.06. The summed E-state index contributed by atoms with van der Waals surface area (Å²) in [6.45, 7) is 2.75. The molecule has 0 N–H and O–H groups in total. The Labute approximate surface area is 135 Å². The number of hydrogen-bond acceptors (Lipinski definition) is 3. The van der Waals surface area contributed by atoms with Crippen molar-refractivity contribution < 1.29 is 13.2 Å². The van der Waals surface area contributed by atoms with Gasteiger partial charge in [-0.25, -0.2) is 8.42 Å². The van der Waals surface area contributed by atoms with Crippen LogP contribution in [0.5, 0.6) is 5.75 Å². The summed E-state index contributed by atoms with van der Waals surface area (Å²) in [4.78, 5) is 0.0336. The number of hydrogen-bond donors (Lipinski definition) is 0. The lowest BCUT2D eigenvalue weighted by Crippen LogP contribution is -2.00. The molecule has 3 nitrogen and oxygen atoms in total. The van der Waals surface area contributed by atoms with Crippen LogP contribution < -0.4 is 4.74 Å². The normalized spacial score (nSPS) is 11.6. The quantitative estimate of drug-likeness (QED) is 0.443. The molecule has 0 radical (unpaired) electrons. The molecule has 0 amide bonds. The Hall–Kier alpha value is 0.220. The Balaban J connectivity index is 2.75. The van der Waals surface area contributed by atoms with Gasteiger partial charge in [0.2, 0.25) is 0 Å². The third kappa shape index (κ3) is 5.61. The average molecular weight is 435 g/mol. The first kappa shape index (κ1) is 17.3. The van der Waals surface area contributed by atoms with Gasteiger partial charge in [-0.2, -0.15) is 0 Å². The van der Waals surface area contributed by atoms with Gasteiger partial charge in [-0.1, -0.05) is 26.2 Å². The van der Waals surface area contributed by atoms with E-state index < -0.39 is 9.05 Å².